The summed E-state index contributed by atoms with van der Waals surface area (Å²) in [7, 11) is 0. The van der Waals surface area contributed by atoms with Crippen LogP contribution in [-0.4, -0.2) is 59.9 Å². The molecule has 1 heterocycles. The van der Waals surface area contributed by atoms with Crippen molar-refractivity contribution in [3.8, 4) is 0 Å². The molecule has 11 nitrogen and oxygen atoms in total. The number of allylic oxidation sites excluding steroid dienone is 3. The number of hydrogen-bond acceptors (Lipinski definition) is 7. The standard InChI is InChI=1S/C33H48N4O7/c1-8-26(38)15-14-25(19-24-16-17-34-29(24)39)35-30(40)27(18-21(2)3)36-31(41)28(22(4)44-33(5,6)7)37-32(42)43-20-23-12-10-9-11-13-23/h8-14,21-22,24,27-28H,1,15-20H2,2-7H3,(H,34,39)(H,35,40)(H,36,41)(H,37,42)/t22?,24-,27-,28-/m0/s1. The van der Waals surface area contributed by atoms with Crippen molar-refractivity contribution >= 4 is 29.6 Å². The van der Waals surface area contributed by atoms with Gasteiger partial charge in [-0.3, -0.25) is 19.2 Å². The molecular formula is C33H48N4O7. The zero-order chi connectivity index (χ0) is 32.9. The molecule has 4 N–H and O–H groups in total. The number of ketones is 1. The van der Waals surface area contributed by atoms with E-state index in [9.17, 15) is 24.0 Å². The summed E-state index contributed by atoms with van der Waals surface area (Å²) in [6.45, 7) is 15.0. The lowest BCUT2D eigenvalue weighted by Crippen LogP contribution is -2.58. The van der Waals surface area contributed by atoms with Crippen LogP contribution in [0.15, 0.2) is 54.8 Å². The molecule has 0 aliphatic carbocycles. The number of nitrogens with one attached hydrogen (secondary N) is 4. The number of ether oxygens (including phenoxy) is 2. The largest absolute Gasteiger partial charge is 0.445 e. The van der Waals surface area contributed by atoms with Gasteiger partial charge in [0.1, 0.15) is 18.7 Å². The van der Waals surface area contributed by atoms with Crippen LogP contribution in [-0.2, 0) is 35.3 Å². The number of alkyl carbamates (subject to hydrolysis) is 1. The lowest BCUT2D eigenvalue weighted by molar-refractivity contribution is -0.135. The molecule has 1 saturated heterocycles. The maximum absolute atomic E-state index is 13.7. The van der Waals surface area contributed by atoms with E-state index in [-0.39, 0.29) is 43.0 Å². The van der Waals surface area contributed by atoms with E-state index < -0.39 is 41.7 Å². The summed E-state index contributed by atoms with van der Waals surface area (Å²) in [5, 5.41) is 11.0. The minimum atomic E-state index is -1.18. The second kappa shape index (κ2) is 17.3. The molecule has 1 aromatic carbocycles. The molecule has 0 bridgehead atoms. The number of carbonyl (C=O) groups excluding carboxylic acids is 5. The zero-order valence-electron chi connectivity index (χ0n) is 26.7. The topological polar surface area (TPSA) is 152 Å². The fourth-order valence-corrected chi connectivity index (χ4v) is 4.72. The van der Waals surface area contributed by atoms with E-state index in [0.717, 1.165) is 5.56 Å². The number of benzene rings is 1. The molecule has 1 unspecified atom stereocenters. The molecule has 44 heavy (non-hydrogen) atoms. The van der Waals surface area contributed by atoms with Gasteiger partial charge < -0.3 is 30.7 Å². The highest BCUT2D eigenvalue weighted by atomic mass is 16.6. The Labute approximate surface area is 260 Å². The highest BCUT2D eigenvalue weighted by Gasteiger charge is 2.34. The first-order valence-corrected chi connectivity index (χ1v) is 15.1. The summed E-state index contributed by atoms with van der Waals surface area (Å²) in [6, 6.07) is 6.97. The van der Waals surface area contributed by atoms with Crippen LogP contribution >= 0.6 is 0 Å². The van der Waals surface area contributed by atoms with Crippen molar-refractivity contribution in [2.24, 2.45) is 11.8 Å². The van der Waals surface area contributed by atoms with E-state index >= 15 is 0 Å². The van der Waals surface area contributed by atoms with E-state index in [0.29, 0.717) is 25.1 Å². The maximum Gasteiger partial charge on any atom is 0.408 e. The summed E-state index contributed by atoms with van der Waals surface area (Å²) in [4.78, 5) is 64.2. The minimum Gasteiger partial charge on any atom is -0.445 e. The molecule has 2 rings (SSSR count). The fourth-order valence-electron chi connectivity index (χ4n) is 4.72. The first-order valence-electron chi connectivity index (χ1n) is 15.1. The van der Waals surface area contributed by atoms with Crippen molar-refractivity contribution in [3.05, 3.63) is 60.3 Å². The predicted molar refractivity (Wildman–Crippen MR) is 167 cm³/mol. The Hall–Kier alpha value is -3.99. The molecular weight excluding hydrogens is 564 g/mol. The quantitative estimate of drug-likeness (QED) is 0.208. The van der Waals surface area contributed by atoms with E-state index in [1.54, 1.807) is 13.0 Å². The number of hydrogen-bond donors (Lipinski definition) is 4. The van der Waals surface area contributed by atoms with Crippen molar-refractivity contribution in [1.82, 2.24) is 21.3 Å². The predicted octanol–water partition coefficient (Wildman–Crippen LogP) is 3.69. The fraction of sp³-hybridized carbons (Fsp3) is 0.545. The summed E-state index contributed by atoms with van der Waals surface area (Å²) in [5.41, 5.74) is 0.570. The average Bonchev–Trinajstić information content (AvgIpc) is 3.35. The van der Waals surface area contributed by atoms with Gasteiger partial charge in [0.2, 0.25) is 17.7 Å². The molecule has 1 fully saturated rings. The third-order valence-corrected chi connectivity index (χ3v) is 6.81. The van der Waals surface area contributed by atoms with E-state index in [2.05, 4.69) is 27.8 Å². The van der Waals surface area contributed by atoms with Crippen LogP contribution in [0.1, 0.15) is 72.8 Å². The average molecular weight is 613 g/mol. The highest BCUT2D eigenvalue weighted by Crippen LogP contribution is 2.19. The molecule has 4 amide bonds. The smallest absolute Gasteiger partial charge is 0.408 e. The van der Waals surface area contributed by atoms with Crippen LogP contribution in [0.5, 0.6) is 0 Å². The van der Waals surface area contributed by atoms with Gasteiger partial charge in [-0.1, -0.05) is 56.8 Å². The molecule has 1 aliphatic heterocycles. The third-order valence-electron chi connectivity index (χ3n) is 6.81. The van der Waals surface area contributed by atoms with Crippen molar-refractivity contribution in [2.75, 3.05) is 6.54 Å². The Morgan fingerprint density at radius 1 is 1.07 bits per heavy atom. The van der Waals surface area contributed by atoms with Gasteiger partial charge in [-0.25, -0.2) is 4.79 Å². The van der Waals surface area contributed by atoms with Crippen LogP contribution < -0.4 is 21.3 Å². The molecule has 11 heteroatoms. The number of rotatable bonds is 16. The third kappa shape index (κ3) is 13.1. The molecule has 0 saturated carbocycles. The number of amides is 4. The van der Waals surface area contributed by atoms with Gasteiger partial charge in [-0.2, -0.15) is 0 Å². The molecule has 1 aliphatic rings. The minimum absolute atomic E-state index is 0.00734. The maximum atomic E-state index is 13.7. The molecule has 4 atom stereocenters. The summed E-state index contributed by atoms with van der Waals surface area (Å²) in [6.07, 6.45) is 2.32. The summed E-state index contributed by atoms with van der Waals surface area (Å²) in [5.74, 6) is -1.80. The van der Waals surface area contributed by atoms with Crippen LogP contribution in [0, 0.1) is 11.8 Å². The van der Waals surface area contributed by atoms with Crippen LogP contribution in [0.2, 0.25) is 0 Å². The molecule has 1 aromatic rings. The Balaban J connectivity index is 2.23. The monoisotopic (exact) mass is 612 g/mol. The Bertz CT molecular complexity index is 1190. The van der Waals surface area contributed by atoms with Crippen molar-refractivity contribution in [1.29, 1.82) is 0 Å². The van der Waals surface area contributed by atoms with Gasteiger partial charge in [0.05, 0.1) is 11.7 Å². The van der Waals surface area contributed by atoms with Gasteiger partial charge in [-0.05, 0) is 64.5 Å². The van der Waals surface area contributed by atoms with Crippen LogP contribution in [0.3, 0.4) is 0 Å². The summed E-state index contributed by atoms with van der Waals surface area (Å²) < 4.78 is 11.3. The molecule has 0 radical (unpaired) electrons. The van der Waals surface area contributed by atoms with E-state index in [1.807, 2.05) is 65.0 Å². The number of carbonyl (C=O) groups is 5. The second-order valence-corrected chi connectivity index (χ2v) is 12.4. The first-order chi connectivity index (χ1) is 20.7. The highest BCUT2D eigenvalue weighted by molar-refractivity contribution is 5.93. The SMILES string of the molecule is C=CC(=O)CC=C(C[C@@H]1CCNC1=O)NC(=O)[C@H](CC(C)C)NC(=O)[C@@H](NC(=O)OCc1ccccc1)C(C)OC(C)(C)C. The lowest BCUT2D eigenvalue weighted by atomic mass is 9.99. The Morgan fingerprint density at radius 3 is 2.32 bits per heavy atom. The van der Waals surface area contributed by atoms with Crippen molar-refractivity contribution in [3.63, 3.8) is 0 Å². The van der Waals surface area contributed by atoms with Gasteiger partial charge in [0.25, 0.3) is 0 Å². The zero-order valence-corrected chi connectivity index (χ0v) is 26.7. The molecule has 242 valence electrons. The van der Waals surface area contributed by atoms with Crippen LogP contribution in [0.25, 0.3) is 0 Å². The Kier molecular flexibility index (Phi) is 14.3. The first kappa shape index (κ1) is 36.2. The molecule has 0 aromatic heterocycles. The van der Waals surface area contributed by atoms with Gasteiger partial charge in [0, 0.05) is 24.6 Å². The van der Waals surface area contributed by atoms with Crippen molar-refractivity contribution in [2.45, 2.75) is 97.6 Å². The molecule has 0 spiro atoms. The van der Waals surface area contributed by atoms with Crippen molar-refractivity contribution < 1.29 is 33.4 Å². The van der Waals surface area contributed by atoms with E-state index in [1.165, 1.54) is 6.08 Å². The van der Waals surface area contributed by atoms with Crippen LogP contribution in [0.4, 0.5) is 4.79 Å². The van der Waals surface area contributed by atoms with Gasteiger partial charge in [-0.15, -0.1) is 0 Å². The van der Waals surface area contributed by atoms with E-state index in [4.69, 9.17) is 9.47 Å². The summed E-state index contributed by atoms with van der Waals surface area (Å²) >= 11 is 0. The normalized spacial score (nSPS) is 17.2. The van der Waals surface area contributed by atoms with Gasteiger partial charge >= 0.3 is 6.09 Å². The second-order valence-electron chi connectivity index (χ2n) is 12.4. The lowest BCUT2D eigenvalue weighted by Gasteiger charge is -2.31. The van der Waals surface area contributed by atoms with Gasteiger partial charge in [0.15, 0.2) is 5.78 Å². The Morgan fingerprint density at radius 2 is 1.75 bits per heavy atom.